The number of nitrogens with zero attached hydrogens (tertiary/aromatic N) is 1. The van der Waals surface area contributed by atoms with Crippen LogP contribution >= 0.6 is 11.3 Å². The average molecular weight is 329 g/mol. The zero-order valence-corrected chi connectivity index (χ0v) is 13.2. The molecule has 0 saturated heterocycles. The van der Waals surface area contributed by atoms with Gasteiger partial charge in [0.2, 0.25) is 10.0 Å². The molecular weight excluding hydrogens is 313 g/mol. The fourth-order valence-corrected chi connectivity index (χ4v) is 4.11. The number of halogens is 1. The van der Waals surface area contributed by atoms with Gasteiger partial charge in [-0.2, -0.15) is 4.31 Å². The highest BCUT2D eigenvalue weighted by Crippen LogP contribution is 2.22. The molecule has 0 fully saturated rings. The summed E-state index contributed by atoms with van der Waals surface area (Å²) in [5.41, 5.74) is 0. The molecule has 0 amide bonds. The van der Waals surface area contributed by atoms with Crippen molar-refractivity contribution >= 4 is 21.4 Å². The molecule has 0 saturated carbocycles. The minimum absolute atomic E-state index is 0.172. The highest BCUT2D eigenvalue weighted by molar-refractivity contribution is 7.89. The Morgan fingerprint density at radius 2 is 2.00 bits per heavy atom. The number of hydrogen-bond acceptors (Lipinski definition) is 4. The number of benzene rings is 1. The van der Waals surface area contributed by atoms with E-state index in [0.29, 0.717) is 0 Å². The van der Waals surface area contributed by atoms with E-state index in [1.54, 1.807) is 0 Å². The number of sulfonamides is 1. The molecule has 1 aromatic carbocycles. The van der Waals surface area contributed by atoms with Gasteiger partial charge < -0.3 is 4.74 Å². The summed E-state index contributed by atoms with van der Waals surface area (Å²) in [5.74, 6) is -0.744. The van der Waals surface area contributed by atoms with Crippen LogP contribution in [0.3, 0.4) is 0 Å². The number of thiophene rings is 1. The van der Waals surface area contributed by atoms with Crippen LogP contribution in [-0.4, -0.2) is 33.0 Å². The maximum atomic E-state index is 13.8. The van der Waals surface area contributed by atoms with Gasteiger partial charge in [-0.05, 0) is 23.6 Å². The highest BCUT2D eigenvalue weighted by Gasteiger charge is 2.27. The first kappa shape index (κ1) is 16.1. The van der Waals surface area contributed by atoms with Crippen molar-refractivity contribution in [3.63, 3.8) is 0 Å². The predicted molar refractivity (Wildman–Crippen MR) is 80.2 cm³/mol. The number of ether oxygens (including phenoxy) is 1. The third-order valence-corrected chi connectivity index (χ3v) is 5.65. The van der Waals surface area contributed by atoms with Crippen LogP contribution in [0.1, 0.15) is 4.88 Å². The average Bonchev–Trinajstić information content (AvgIpc) is 2.96. The van der Waals surface area contributed by atoms with E-state index in [1.165, 1.54) is 41.0 Å². The molecule has 1 aromatic heterocycles. The molecule has 0 aliphatic heterocycles. The van der Waals surface area contributed by atoms with Crippen LogP contribution in [0.4, 0.5) is 4.39 Å². The van der Waals surface area contributed by atoms with Crippen LogP contribution in [0.25, 0.3) is 0 Å². The van der Waals surface area contributed by atoms with Crippen LogP contribution < -0.4 is 0 Å². The van der Waals surface area contributed by atoms with Crippen molar-refractivity contribution in [3.05, 3.63) is 52.5 Å². The Kier molecular flexibility index (Phi) is 5.46. The molecule has 0 N–H and O–H groups in total. The molecular formula is C14H16FNO3S2. The van der Waals surface area contributed by atoms with Gasteiger partial charge in [-0.15, -0.1) is 11.3 Å². The van der Waals surface area contributed by atoms with Gasteiger partial charge in [-0.25, -0.2) is 12.8 Å². The Balaban J connectivity index is 2.32. The third-order valence-electron chi connectivity index (χ3n) is 2.91. The molecule has 2 aromatic rings. The van der Waals surface area contributed by atoms with Gasteiger partial charge in [0.1, 0.15) is 10.7 Å². The molecule has 21 heavy (non-hydrogen) atoms. The Morgan fingerprint density at radius 3 is 2.62 bits per heavy atom. The number of hydrogen-bond donors (Lipinski definition) is 0. The zero-order chi connectivity index (χ0) is 15.3. The first-order valence-electron chi connectivity index (χ1n) is 6.31. The summed E-state index contributed by atoms with van der Waals surface area (Å²) in [4.78, 5) is 0.587. The lowest BCUT2D eigenvalue weighted by atomic mass is 10.3. The first-order valence-corrected chi connectivity index (χ1v) is 8.63. The maximum Gasteiger partial charge on any atom is 0.246 e. The molecule has 0 unspecified atom stereocenters. The van der Waals surface area contributed by atoms with E-state index in [0.717, 1.165) is 10.9 Å². The topological polar surface area (TPSA) is 46.6 Å². The first-order chi connectivity index (χ1) is 10.1. The normalized spacial score (nSPS) is 12.0. The Bertz CT molecular complexity index is 671. The van der Waals surface area contributed by atoms with Crippen molar-refractivity contribution in [3.8, 4) is 0 Å². The van der Waals surface area contributed by atoms with Crippen molar-refractivity contribution in [2.24, 2.45) is 0 Å². The van der Waals surface area contributed by atoms with Gasteiger partial charge in [0.25, 0.3) is 0 Å². The molecule has 0 aliphatic carbocycles. The van der Waals surface area contributed by atoms with Crippen LogP contribution in [0.2, 0.25) is 0 Å². The minimum atomic E-state index is -3.90. The Labute approximate surface area is 127 Å². The Hall–Kier alpha value is -1.28. The molecule has 2 rings (SSSR count). The molecule has 114 valence electrons. The summed E-state index contributed by atoms with van der Waals surface area (Å²) in [7, 11) is -2.40. The second-order valence-electron chi connectivity index (χ2n) is 4.34. The maximum absolute atomic E-state index is 13.8. The van der Waals surface area contributed by atoms with Gasteiger partial charge in [0.05, 0.1) is 6.61 Å². The van der Waals surface area contributed by atoms with Crippen LogP contribution in [0.5, 0.6) is 0 Å². The summed E-state index contributed by atoms with van der Waals surface area (Å²) in [6, 6.07) is 9.10. The zero-order valence-electron chi connectivity index (χ0n) is 11.5. The van der Waals surface area contributed by atoms with E-state index in [-0.39, 0.29) is 24.6 Å². The standard InChI is InChI=1S/C14H16FNO3S2/c1-19-9-8-16(11-12-5-4-10-20-12)21(17,18)14-7-3-2-6-13(14)15/h2-7,10H,8-9,11H2,1H3. The monoisotopic (exact) mass is 329 g/mol. The Morgan fingerprint density at radius 1 is 1.24 bits per heavy atom. The second kappa shape index (κ2) is 7.13. The van der Waals surface area contributed by atoms with Crippen LogP contribution in [0.15, 0.2) is 46.7 Å². The summed E-state index contributed by atoms with van der Waals surface area (Å²) in [6.45, 7) is 0.627. The second-order valence-corrected chi connectivity index (χ2v) is 7.28. The van der Waals surface area contributed by atoms with E-state index in [1.807, 2.05) is 17.5 Å². The third kappa shape index (κ3) is 3.88. The molecule has 0 bridgehead atoms. The van der Waals surface area contributed by atoms with Crippen molar-refractivity contribution in [1.82, 2.24) is 4.31 Å². The van der Waals surface area contributed by atoms with E-state index in [4.69, 9.17) is 4.74 Å². The fraction of sp³-hybridized carbons (Fsp3) is 0.286. The SMILES string of the molecule is COCCN(Cc1cccs1)S(=O)(=O)c1ccccc1F. The minimum Gasteiger partial charge on any atom is -0.383 e. The van der Waals surface area contributed by atoms with Gasteiger partial charge in [0.15, 0.2) is 0 Å². The molecule has 0 spiro atoms. The van der Waals surface area contributed by atoms with Crippen LogP contribution in [-0.2, 0) is 21.3 Å². The van der Waals surface area contributed by atoms with Crippen LogP contribution in [0, 0.1) is 5.82 Å². The largest absolute Gasteiger partial charge is 0.383 e. The van der Waals surface area contributed by atoms with Gasteiger partial charge in [-0.1, -0.05) is 18.2 Å². The van der Waals surface area contributed by atoms with Crippen molar-refractivity contribution < 1.29 is 17.5 Å². The van der Waals surface area contributed by atoms with E-state index in [2.05, 4.69) is 0 Å². The molecule has 0 atom stereocenters. The number of methoxy groups -OCH3 is 1. The molecule has 0 radical (unpaired) electrons. The highest BCUT2D eigenvalue weighted by atomic mass is 32.2. The molecule has 4 nitrogen and oxygen atoms in total. The van der Waals surface area contributed by atoms with Crippen molar-refractivity contribution in [2.45, 2.75) is 11.4 Å². The molecule has 1 heterocycles. The summed E-state index contributed by atoms with van der Waals surface area (Å²) in [6.07, 6.45) is 0. The van der Waals surface area contributed by atoms with Gasteiger partial charge in [0, 0.05) is 25.1 Å². The van der Waals surface area contributed by atoms with E-state index >= 15 is 0 Å². The van der Waals surface area contributed by atoms with Crippen molar-refractivity contribution in [1.29, 1.82) is 0 Å². The molecule has 7 heteroatoms. The van der Waals surface area contributed by atoms with Gasteiger partial charge in [-0.3, -0.25) is 0 Å². The number of rotatable bonds is 7. The smallest absolute Gasteiger partial charge is 0.246 e. The van der Waals surface area contributed by atoms with Gasteiger partial charge >= 0.3 is 0 Å². The van der Waals surface area contributed by atoms with Crippen molar-refractivity contribution in [2.75, 3.05) is 20.3 Å². The lowest BCUT2D eigenvalue weighted by Crippen LogP contribution is -2.33. The fourth-order valence-electron chi connectivity index (χ4n) is 1.85. The molecule has 0 aliphatic rings. The quantitative estimate of drug-likeness (QED) is 0.785. The summed E-state index contributed by atoms with van der Waals surface area (Å²) >= 11 is 1.46. The summed E-state index contributed by atoms with van der Waals surface area (Å²) < 4.78 is 45.2. The summed E-state index contributed by atoms with van der Waals surface area (Å²) in [5, 5.41) is 1.87. The van der Waals surface area contributed by atoms with E-state index < -0.39 is 15.8 Å². The lowest BCUT2D eigenvalue weighted by Gasteiger charge is -2.21. The lowest BCUT2D eigenvalue weighted by molar-refractivity contribution is 0.177. The predicted octanol–water partition coefficient (Wildman–Crippen LogP) is 2.72. The van der Waals surface area contributed by atoms with E-state index in [9.17, 15) is 12.8 Å².